The molecular weight excluding hydrogens is 258 g/mol. The van der Waals surface area contributed by atoms with Crippen molar-refractivity contribution in [2.75, 3.05) is 5.75 Å². The standard InChI is InChI=1S/C11H19NO5S/c1-11(2,10(14)15)12-9(13)7-18(16,17)8-5-3-4-6-8/h8H,3-7H2,1-2H3,(H,12,13)(H,14,15). The van der Waals surface area contributed by atoms with Crippen LogP contribution in [-0.4, -0.2) is 41.9 Å². The summed E-state index contributed by atoms with van der Waals surface area (Å²) in [5.74, 6) is -2.59. The molecule has 104 valence electrons. The van der Waals surface area contributed by atoms with Gasteiger partial charge in [-0.05, 0) is 26.7 Å². The van der Waals surface area contributed by atoms with Gasteiger partial charge in [-0.15, -0.1) is 0 Å². The molecule has 0 heterocycles. The topological polar surface area (TPSA) is 101 Å². The van der Waals surface area contributed by atoms with Crippen molar-refractivity contribution in [2.24, 2.45) is 0 Å². The van der Waals surface area contributed by atoms with E-state index in [1.54, 1.807) is 0 Å². The SMILES string of the molecule is CC(C)(NC(=O)CS(=O)(=O)C1CCCC1)C(=O)O. The van der Waals surface area contributed by atoms with Crippen molar-refractivity contribution in [3.05, 3.63) is 0 Å². The first kappa shape index (κ1) is 14.9. The Labute approximate surface area is 107 Å². The van der Waals surface area contributed by atoms with E-state index in [2.05, 4.69) is 5.32 Å². The smallest absolute Gasteiger partial charge is 0.328 e. The molecule has 0 aromatic rings. The lowest BCUT2D eigenvalue weighted by Gasteiger charge is -2.21. The van der Waals surface area contributed by atoms with E-state index in [0.29, 0.717) is 12.8 Å². The van der Waals surface area contributed by atoms with Crippen LogP contribution in [0.25, 0.3) is 0 Å². The summed E-state index contributed by atoms with van der Waals surface area (Å²) >= 11 is 0. The first-order chi connectivity index (χ1) is 8.15. The van der Waals surface area contributed by atoms with Gasteiger partial charge in [-0.2, -0.15) is 0 Å². The van der Waals surface area contributed by atoms with Gasteiger partial charge < -0.3 is 10.4 Å². The van der Waals surface area contributed by atoms with Gasteiger partial charge in [0.2, 0.25) is 5.91 Å². The Morgan fingerprint density at radius 1 is 1.28 bits per heavy atom. The molecule has 0 atom stereocenters. The zero-order chi connectivity index (χ0) is 14.0. The molecule has 18 heavy (non-hydrogen) atoms. The Hall–Kier alpha value is -1.11. The highest BCUT2D eigenvalue weighted by atomic mass is 32.2. The van der Waals surface area contributed by atoms with Crippen LogP contribution >= 0.6 is 0 Å². The molecule has 1 saturated carbocycles. The number of rotatable bonds is 5. The monoisotopic (exact) mass is 277 g/mol. The second-order valence-corrected chi connectivity index (χ2v) is 7.47. The molecule has 2 N–H and O–H groups in total. The molecule has 1 aliphatic rings. The minimum Gasteiger partial charge on any atom is -0.480 e. The van der Waals surface area contributed by atoms with Gasteiger partial charge in [0.15, 0.2) is 9.84 Å². The van der Waals surface area contributed by atoms with Gasteiger partial charge in [-0.1, -0.05) is 12.8 Å². The van der Waals surface area contributed by atoms with Crippen LogP contribution in [0.3, 0.4) is 0 Å². The first-order valence-electron chi connectivity index (χ1n) is 5.91. The molecule has 0 spiro atoms. The van der Waals surface area contributed by atoms with Crippen LogP contribution in [-0.2, 0) is 19.4 Å². The maximum absolute atomic E-state index is 11.9. The van der Waals surface area contributed by atoms with Crippen molar-refractivity contribution in [1.82, 2.24) is 5.32 Å². The summed E-state index contributed by atoms with van der Waals surface area (Å²) in [6.07, 6.45) is 2.92. The molecule has 0 radical (unpaired) electrons. The molecule has 0 aromatic heterocycles. The third-order valence-electron chi connectivity index (χ3n) is 3.13. The summed E-state index contributed by atoms with van der Waals surface area (Å²) in [5, 5.41) is 10.6. The number of sulfone groups is 1. The van der Waals surface area contributed by atoms with Crippen LogP contribution in [0.1, 0.15) is 39.5 Å². The fraction of sp³-hybridized carbons (Fsp3) is 0.818. The number of hydrogen-bond acceptors (Lipinski definition) is 4. The van der Waals surface area contributed by atoms with Gasteiger partial charge in [0.05, 0.1) is 5.25 Å². The fourth-order valence-corrected chi connectivity index (χ4v) is 3.71. The van der Waals surface area contributed by atoms with Crippen LogP contribution in [0.5, 0.6) is 0 Å². The predicted octanol–water partition coefficient (Wildman–Crippen LogP) is 0.323. The molecule has 1 amide bonds. The molecule has 0 saturated heterocycles. The molecular formula is C11H19NO5S. The van der Waals surface area contributed by atoms with Crippen molar-refractivity contribution in [3.8, 4) is 0 Å². The minimum atomic E-state index is -3.46. The maximum atomic E-state index is 11.9. The number of aliphatic carboxylic acids is 1. The number of carboxylic acid groups (broad SMARTS) is 1. The van der Waals surface area contributed by atoms with Gasteiger partial charge in [0.25, 0.3) is 0 Å². The lowest BCUT2D eigenvalue weighted by Crippen LogP contribution is -2.51. The average Bonchev–Trinajstić information content (AvgIpc) is 2.67. The third-order valence-corrected chi connectivity index (χ3v) is 5.28. The normalized spacial score (nSPS) is 17.7. The van der Waals surface area contributed by atoms with E-state index >= 15 is 0 Å². The molecule has 0 bridgehead atoms. The van der Waals surface area contributed by atoms with E-state index in [-0.39, 0.29) is 0 Å². The van der Waals surface area contributed by atoms with Crippen LogP contribution < -0.4 is 5.32 Å². The van der Waals surface area contributed by atoms with Gasteiger partial charge in [-0.3, -0.25) is 4.79 Å². The van der Waals surface area contributed by atoms with Crippen molar-refractivity contribution >= 4 is 21.7 Å². The van der Waals surface area contributed by atoms with Crippen molar-refractivity contribution in [2.45, 2.75) is 50.3 Å². The van der Waals surface area contributed by atoms with Crippen LogP contribution in [0.2, 0.25) is 0 Å². The first-order valence-corrected chi connectivity index (χ1v) is 7.63. The number of carbonyl (C=O) groups is 2. The van der Waals surface area contributed by atoms with E-state index in [0.717, 1.165) is 12.8 Å². The number of nitrogens with one attached hydrogen (secondary N) is 1. The maximum Gasteiger partial charge on any atom is 0.328 e. The second kappa shape index (κ2) is 5.26. The summed E-state index contributed by atoms with van der Waals surface area (Å²) in [6.45, 7) is 2.63. The van der Waals surface area contributed by atoms with Crippen LogP contribution in [0, 0.1) is 0 Å². The predicted molar refractivity (Wildman–Crippen MR) is 65.9 cm³/mol. The number of carbonyl (C=O) groups excluding carboxylic acids is 1. The molecule has 1 rings (SSSR count). The Balaban J connectivity index is 2.62. The van der Waals surface area contributed by atoms with E-state index in [1.165, 1.54) is 13.8 Å². The number of amides is 1. The highest BCUT2D eigenvalue weighted by Crippen LogP contribution is 2.25. The lowest BCUT2D eigenvalue weighted by molar-refractivity contribution is -0.145. The number of carboxylic acids is 1. The molecule has 0 unspecified atom stereocenters. The summed E-state index contributed by atoms with van der Waals surface area (Å²) in [6, 6.07) is 0. The Bertz CT molecular complexity index is 434. The van der Waals surface area contributed by atoms with E-state index in [4.69, 9.17) is 5.11 Å². The van der Waals surface area contributed by atoms with E-state index in [1.807, 2.05) is 0 Å². The minimum absolute atomic E-state index is 0.448. The fourth-order valence-electron chi connectivity index (χ4n) is 1.99. The Morgan fingerprint density at radius 2 is 1.78 bits per heavy atom. The highest BCUT2D eigenvalue weighted by molar-refractivity contribution is 7.92. The van der Waals surface area contributed by atoms with Gasteiger partial charge in [0.1, 0.15) is 11.3 Å². The van der Waals surface area contributed by atoms with Gasteiger partial charge in [-0.25, -0.2) is 13.2 Å². The third kappa shape index (κ3) is 3.69. The summed E-state index contributed by atoms with van der Waals surface area (Å²) in [7, 11) is -3.46. The largest absolute Gasteiger partial charge is 0.480 e. The van der Waals surface area contributed by atoms with Crippen LogP contribution in [0.4, 0.5) is 0 Å². The summed E-state index contributed by atoms with van der Waals surface area (Å²) in [4.78, 5) is 22.4. The van der Waals surface area contributed by atoms with E-state index < -0.39 is 38.3 Å². The molecule has 7 heteroatoms. The molecule has 1 aliphatic carbocycles. The van der Waals surface area contributed by atoms with Crippen molar-refractivity contribution < 1.29 is 23.1 Å². The summed E-state index contributed by atoms with van der Waals surface area (Å²) < 4.78 is 23.8. The Morgan fingerprint density at radius 3 is 2.22 bits per heavy atom. The average molecular weight is 277 g/mol. The summed E-state index contributed by atoms with van der Waals surface area (Å²) in [5.41, 5.74) is -1.46. The molecule has 0 aromatic carbocycles. The molecule has 0 aliphatic heterocycles. The second-order valence-electron chi connectivity index (χ2n) is 5.19. The van der Waals surface area contributed by atoms with Crippen molar-refractivity contribution in [1.29, 1.82) is 0 Å². The zero-order valence-corrected chi connectivity index (χ0v) is 11.4. The molecule has 1 fully saturated rings. The Kier molecular flexibility index (Phi) is 4.37. The lowest BCUT2D eigenvalue weighted by atomic mass is 10.1. The van der Waals surface area contributed by atoms with Gasteiger partial charge in [0, 0.05) is 0 Å². The van der Waals surface area contributed by atoms with Crippen LogP contribution in [0.15, 0.2) is 0 Å². The molecule has 6 nitrogen and oxygen atoms in total. The highest BCUT2D eigenvalue weighted by Gasteiger charge is 2.34. The van der Waals surface area contributed by atoms with E-state index in [9.17, 15) is 18.0 Å². The zero-order valence-electron chi connectivity index (χ0n) is 10.6. The quantitative estimate of drug-likeness (QED) is 0.754. The van der Waals surface area contributed by atoms with Gasteiger partial charge >= 0.3 is 5.97 Å². The van der Waals surface area contributed by atoms with Crippen molar-refractivity contribution in [3.63, 3.8) is 0 Å². The number of hydrogen-bond donors (Lipinski definition) is 2.